The Hall–Kier alpha value is -6.06. The van der Waals surface area contributed by atoms with Gasteiger partial charge in [0.05, 0.1) is 13.1 Å². The minimum atomic E-state index is -0.745. The van der Waals surface area contributed by atoms with Crippen LogP contribution in [0.15, 0.2) is 24.3 Å². The summed E-state index contributed by atoms with van der Waals surface area (Å²) in [6.45, 7) is 21.2. The zero-order chi connectivity index (χ0) is 61.0. The van der Waals surface area contributed by atoms with Crippen molar-refractivity contribution in [1.29, 1.82) is 0 Å². The van der Waals surface area contributed by atoms with E-state index < -0.39 is 41.2 Å². The summed E-state index contributed by atoms with van der Waals surface area (Å²) in [5, 5.41) is 25.2. The second-order valence-corrected chi connectivity index (χ2v) is 24.3. The minimum Gasteiger partial charge on any atom is -0.480 e. The average molecular weight is 1180 g/mol. The van der Waals surface area contributed by atoms with Crippen molar-refractivity contribution in [2.24, 2.45) is 0 Å². The quantitative estimate of drug-likeness (QED) is 0.0260. The Labute approximate surface area is 499 Å². The fourth-order valence-electron chi connectivity index (χ4n) is 8.85. The van der Waals surface area contributed by atoms with Crippen molar-refractivity contribution in [3.63, 3.8) is 0 Å². The molecule has 2 radical (unpaired) electrons. The summed E-state index contributed by atoms with van der Waals surface area (Å²) < 4.78 is 13.0. The third kappa shape index (κ3) is 30.4. The van der Waals surface area contributed by atoms with Gasteiger partial charge in [0.25, 0.3) is 11.9 Å². The van der Waals surface area contributed by atoms with Crippen molar-refractivity contribution in [2.75, 3.05) is 74.9 Å². The van der Waals surface area contributed by atoms with Gasteiger partial charge in [-0.15, -0.1) is 0 Å². The largest absolute Gasteiger partial charge is 0.480 e. The number of nitrogen functional groups attached to an aromatic ring is 1. The summed E-state index contributed by atoms with van der Waals surface area (Å²) in [4.78, 5) is 95.2. The van der Waals surface area contributed by atoms with E-state index >= 15 is 0 Å². The molecule has 0 aliphatic heterocycles. The summed E-state index contributed by atoms with van der Waals surface area (Å²) in [6, 6.07) is 5.73. The first-order chi connectivity index (χ1) is 39.6. The fourth-order valence-corrected chi connectivity index (χ4v) is 9.63. The highest BCUT2D eigenvalue weighted by molar-refractivity contribution is 7.99. The number of imidazole rings is 1. The predicted molar refractivity (Wildman–Crippen MR) is 332 cm³/mol. The number of thioether (sulfide) groups is 1. The number of rotatable bonds is 42. The van der Waals surface area contributed by atoms with E-state index in [0.717, 1.165) is 37.7 Å². The van der Waals surface area contributed by atoms with Crippen molar-refractivity contribution in [2.45, 2.75) is 208 Å². The molecule has 21 nitrogen and oxygen atoms in total. The molecule has 0 unspecified atom stereocenters. The molecular weight excluding hydrogens is 1080 g/mol. The number of carbonyl (C=O) groups is 6. The van der Waals surface area contributed by atoms with Gasteiger partial charge < -0.3 is 56.7 Å². The van der Waals surface area contributed by atoms with Crippen LogP contribution in [0.3, 0.4) is 0 Å². The number of fused-ring (bicyclic) bond motifs is 1. The number of ether oxygens (including phenoxy) is 2. The molecule has 0 aliphatic carbocycles. The summed E-state index contributed by atoms with van der Waals surface area (Å²) in [5.74, 6) is 0.280. The lowest BCUT2D eigenvalue weighted by molar-refractivity contribution is -0.128. The van der Waals surface area contributed by atoms with Gasteiger partial charge in [0, 0.05) is 63.6 Å². The Morgan fingerprint density at radius 1 is 0.675 bits per heavy atom. The van der Waals surface area contributed by atoms with E-state index in [-0.39, 0.29) is 61.9 Å². The second-order valence-electron chi connectivity index (χ2n) is 23.2. The number of nitrogens with two attached hydrogens (primary N) is 1. The number of aromatic hydroxyl groups is 1. The molecule has 22 heteroatoms. The molecule has 0 bridgehead atoms. The van der Waals surface area contributed by atoms with Crippen molar-refractivity contribution in [3.05, 3.63) is 48.7 Å². The van der Waals surface area contributed by atoms with E-state index in [1.807, 2.05) is 0 Å². The van der Waals surface area contributed by atoms with Crippen LogP contribution in [-0.2, 0) is 30.4 Å². The van der Waals surface area contributed by atoms with Crippen LogP contribution in [-0.4, -0.2) is 151 Å². The molecule has 3 aromatic rings. The van der Waals surface area contributed by atoms with Crippen LogP contribution in [0.1, 0.15) is 200 Å². The molecule has 1 aromatic carbocycles. The van der Waals surface area contributed by atoms with Gasteiger partial charge in [0.15, 0.2) is 17.0 Å². The maximum absolute atomic E-state index is 13.4. The molecule has 0 spiro atoms. The van der Waals surface area contributed by atoms with Gasteiger partial charge in [-0.05, 0) is 117 Å². The lowest BCUT2D eigenvalue weighted by Crippen LogP contribution is -2.49. The Kier molecular flexibility index (Phi) is 33.9. The number of hydrogen-bond donors (Lipinski definition) is 7. The van der Waals surface area contributed by atoms with Gasteiger partial charge in [-0.2, -0.15) is 26.7 Å². The van der Waals surface area contributed by atoms with E-state index in [4.69, 9.17) is 15.2 Å². The molecule has 0 saturated heterocycles. The lowest BCUT2D eigenvalue weighted by atomic mass is 10.0. The Bertz CT molecular complexity index is 2390. The number of nitrogens with one attached hydrogen (secondary N) is 5. The highest BCUT2D eigenvalue weighted by Crippen LogP contribution is 2.26. The number of hydrogen-bond acceptors (Lipinski definition) is 15. The third-order valence-electron chi connectivity index (χ3n) is 13.3. The number of amides is 6. The summed E-state index contributed by atoms with van der Waals surface area (Å²) in [5.41, 5.74) is 6.38. The van der Waals surface area contributed by atoms with Crippen molar-refractivity contribution in [3.8, 4) is 6.01 Å². The Morgan fingerprint density at radius 3 is 1.75 bits per heavy atom. The van der Waals surface area contributed by atoms with Crippen molar-refractivity contribution in [1.82, 2.24) is 50.6 Å². The summed E-state index contributed by atoms with van der Waals surface area (Å²) in [7, 11) is 0. The minimum absolute atomic E-state index is 0.130. The maximum atomic E-state index is 13.4. The van der Waals surface area contributed by atoms with Crippen LogP contribution in [0.4, 0.5) is 21.4 Å². The number of carbonyl (C=O) groups excluding carboxylic acids is 6. The van der Waals surface area contributed by atoms with E-state index in [1.54, 1.807) is 82.0 Å². The number of aromatic nitrogens is 4. The molecule has 3 rings (SSSR count). The van der Waals surface area contributed by atoms with Crippen LogP contribution in [0.2, 0.25) is 0 Å². The van der Waals surface area contributed by atoms with E-state index in [0.29, 0.717) is 86.9 Å². The lowest BCUT2D eigenvalue weighted by Gasteiger charge is -2.29. The first-order valence-electron chi connectivity index (χ1n) is 30.5. The molecule has 2 heterocycles. The van der Waals surface area contributed by atoms with Crippen LogP contribution in [0.5, 0.6) is 6.01 Å². The predicted octanol–water partition coefficient (Wildman–Crippen LogP) is 10.1. The molecular formula is C61H102N12O9S. The average Bonchev–Trinajstić information content (AvgIpc) is 3.00. The molecule has 0 saturated carbocycles. The van der Waals surface area contributed by atoms with Gasteiger partial charge in [0.1, 0.15) is 17.2 Å². The first-order valence-corrected chi connectivity index (χ1v) is 31.6. The maximum Gasteiger partial charge on any atom is 0.410 e. The van der Waals surface area contributed by atoms with Crippen LogP contribution in [0.25, 0.3) is 11.2 Å². The second kappa shape index (κ2) is 39.5. The zero-order valence-corrected chi connectivity index (χ0v) is 52.3. The first kappa shape index (κ1) is 71.2. The normalized spacial score (nSPS) is 11.9. The molecule has 1 atom stereocenters. The molecule has 6 amide bonds. The van der Waals surface area contributed by atoms with Gasteiger partial charge in [-0.3, -0.25) is 23.7 Å². The molecule has 8 N–H and O–H groups in total. The van der Waals surface area contributed by atoms with Crippen molar-refractivity contribution < 1.29 is 43.3 Å². The van der Waals surface area contributed by atoms with E-state index in [2.05, 4.69) is 62.3 Å². The van der Waals surface area contributed by atoms with Gasteiger partial charge >= 0.3 is 12.2 Å². The molecule has 0 fully saturated rings. The molecule has 83 heavy (non-hydrogen) atoms. The third-order valence-corrected chi connectivity index (χ3v) is 14.3. The molecule has 466 valence electrons. The highest BCUT2D eigenvalue weighted by Gasteiger charge is 2.26. The number of benzene rings is 1. The van der Waals surface area contributed by atoms with Crippen molar-refractivity contribution >= 4 is 70.5 Å². The molecule has 2 aromatic heterocycles. The van der Waals surface area contributed by atoms with Crippen LogP contribution in [0, 0.1) is 13.3 Å². The Morgan fingerprint density at radius 2 is 1.20 bits per heavy atom. The van der Waals surface area contributed by atoms with E-state index in [9.17, 15) is 33.9 Å². The SMILES string of the molecule is [CH2][CH]CSC[C@H](NC(=O)CCCCCCCCCCCCCCC)C(=O)NCCCN(CCCCN(CCCNC(=O)CNC(=O)c1ccc(Cn2c(O)nc3c(N)nc(NCCCC)nc32)cc1)C(=O)OC(C)(C)C)C(=O)OC(C)(C)C. The van der Waals surface area contributed by atoms with E-state index in [1.165, 1.54) is 80.5 Å². The summed E-state index contributed by atoms with van der Waals surface area (Å²) in [6.07, 6.45) is 20.9. The number of anilines is 2. The monoisotopic (exact) mass is 1180 g/mol. The topological polar surface area (TPSA) is 277 Å². The standard InChI is InChI=1S/C61H102N12O9S/c1-10-13-15-16-17-18-19-20-21-22-23-24-25-30-49(74)67-48(45-83-42-12-3)55(77)64-37-29-41-72(59(80)82-61(7,8)9)39-27-26-38-71(58(79)81-60(4,5)6)40-28-36-63-50(75)43-66-54(76)47-33-31-46(32-34-47)44-73-53-51(68-57(73)78)52(62)69-56(70-53)65-35-14-11-2/h12,31-34,48H,3,10-11,13-30,35-45H2,1-2,4-9H3,(H,63,75)(H,64,77)(H,66,76)(H,67,74)(H,68,78)(H3,62,65,69,70)/t48-/m0/s1. The highest BCUT2D eigenvalue weighted by atomic mass is 32.2. The zero-order valence-electron chi connectivity index (χ0n) is 51.5. The molecule has 0 aliphatic rings. The van der Waals surface area contributed by atoms with Gasteiger partial charge in [-0.25, -0.2) is 9.59 Å². The Balaban J connectivity index is 1.45. The number of nitrogens with zero attached hydrogens (tertiary/aromatic N) is 6. The number of unbranched alkanes of at least 4 members (excludes halogenated alkanes) is 14. The van der Waals surface area contributed by atoms with Crippen LogP contribution < -0.4 is 32.3 Å². The fraction of sp³-hybridized carbons (Fsp3) is 0.689. The van der Waals surface area contributed by atoms with Gasteiger partial charge in [-0.1, -0.05) is 109 Å². The smallest absolute Gasteiger partial charge is 0.410 e. The summed E-state index contributed by atoms with van der Waals surface area (Å²) >= 11 is 1.52. The van der Waals surface area contributed by atoms with Crippen LogP contribution >= 0.6 is 11.8 Å². The van der Waals surface area contributed by atoms with Gasteiger partial charge in [0.2, 0.25) is 23.7 Å².